The number of nitrogens with zero attached hydrogens (tertiary/aromatic N) is 3. The fourth-order valence-corrected chi connectivity index (χ4v) is 4.49. The largest absolute Gasteiger partial charge is 0.355 e. The van der Waals surface area contributed by atoms with Crippen molar-refractivity contribution in [2.24, 2.45) is 0 Å². The topological polar surface area (TPSA) is 65.5 Å². The van der Waals surface area contributed by atoms with Crippen LogP contribution in [0.15, 0.2) is 11.1 Å². The van der Waals surface area contributed by atoms with Gasteiger partial charge in [0.2, 0.25) is 11.8 Å². The van der Waals surface area contributed by atoms with Gasteiger partial charge in [-0.3, -0.25) is 14.5 Å². The van der Waals surface area contributed by atoms with Crippen molar-refractivity contribution in [1.82, 2.24) is 15.2 Å². The quantitative estimate of drug-likeness (QED) is 0.781. The summed E-state index contributed by atoms with van der Waals surface area (Å²) in [5.74, 6) is 0.205. The number of thioether (sulfide) groups is 1. The molecule has 6 nitrogen and oxygen atoms in total. The Morgan fingerprint density at radius 1 is 1.32 bits per heavy atom. The van der Waals surface area contributed by atoms with E-state index in [1.54, 1.807) is 4.90 Å². The third-order valence-electron chi connectivity index (χ3n) is 4.66. The molecule has 136 valence electrons. The van der Waals surface area contributed by atoms with Gasteiger partial charge in [0.05, 0.1) is 11.4 Å². The van der Waals surface area contributed by atoms with Crippen LogP contribution < -0.4 is 10.2 Å². The van der Waals surface area contributed by atoms with E-state index in [0.29, 0.717) is 12.3 Å². The number of fused-ring (bicyclic) bond motifs is 1. The summed E-state index contributed by atoms with van der Waals surface area (Å²) >= 11 is 1.45. The number of hydrogen-bond donors (Lipinski definition) is 1. The van der Waals surface area contributed by atoms with Gasteiger partial charge in [0, 0.05) is 12.2 Å². The molecule has 7 heteroatoms. The van der Waals surface area contributed by atoms with Crippen molar-refractivity contribution in [2.75, 3.05) is 43.4 Å². The number of likely N-dealkylation sites (tertiary alicyclic amines) is 1. The van der Waals surface area contributed by atoms with Gasteiger partial charge in [0.15, 0.2) is 0 Å². The first kappa shape index (κ1) is 18.2. The molecular weight excluding hydrogens is 336 g/mol. The summed E-state index contributed by atoms with van der Waals surface area (Å²) in [5.41, 5.74) is 2.72. The standard InChI is InChI=1S/C18H26N4O2S/c1-13-10-14(2)20-18-17(13)22(16(24)12-25-18)11-15(23)19-6-5-9-21-7-3-4-8-21/h10H,3-9,11-12H2,1-2H3,(H,19,23). The van der Waals surface area contributed by atoms with Crippen molar-refractivity contribution in [1.29, 1.82) is 0 Å². The molecule has 2 amide bonds. The summed E-state index contributed by atoms with van der Waals surface area (Å²) in [6.07, 6.45) is 3.52. The van der Waals surface area contributed by atoms with Gasteiger partial charge in [-0.1, -0.05) is 11.8 Å². The number of hydrogen-bond acceptors (Lipinski definition) is 5. The molecule has 0 saturated carbocycles. The minimum absolute atomic E-state index is 0.0292. The van der Waals surface area contributed by atoms with Crippen LogP contribution >= 0.6 is 11.8 Å². The SMILES string of the molecule is Cc1cc(C)c2c(n1)SCC(=O)N2CC(=O)NCCCN1CCCC1. The Bertz CT molecular complexity index is 659. The first-order chi connectivity index (χ1) is 12.0. The predicted molar refractivity (Wildman–Crippen MR) is 100 cm³/mol. The van der Waals surface area contributed by atoms with Gasteiger partial charge in [-0.05, 0) is 64.4 Å². The van der Waals surface area contributed by atoms with Crippen molar-refractivity contribution in [2.45, 2.75) is 38.1 Å². The first-order valence-corrected chi connectivity index (χ1v) is 9.93. The van der Waals surface area contributed by atoms with Gasteiger partial charge in [0.1, 0.15) is 11.6 Å². The van der Waals surface area contributed by atoms with Crippen molar-refractivity contribution in [3.63, 3.8) is 0 Å². The van der Waals surface area contributed by atoms with E-state index in [9.17, 15) is 9.59 Å². The number of carbonyl (C=O) groups excluding carboxylic acids is 2. The fourth-order valence-electron chi connectivity index (χ4n) is 3.46. The molecule has 0 radical (unpaired) electrons. The van der Waals surface area contributed by atoms with Gasteiger partial charge in [-0.25, -0.2) is 4.98 Å². The van der Waals surface area contributed by atoms with Crippen molar-refractivity contribution in [3.8, 4) is 0 Å². The molecule has 0 bridgehead atoms. The molecule has 1 aromatic heterocycles. The molecule has 3 rings (SSSR count). The van der Waals surface area contributed by atoms with E-state index in [4.69, 9.17) is 0 Å². The highest BCUT2D eigenvalue weighted by atomic mass is 32.2. The van der Waals surface area contributed by atoms with Crippen LogP contribution in [-0.4, -0.2) is 60.2 Å². The Morgan fingerprint density at radius 2 is 2.08 bits per heavy atom. The van der Waals surface area contributed by atoms with Crippen molar-refractivity contribution in [3.05, 3.63) is 17.3 Å². The summed E-state index contributed by atoms with van der Waals surface area (Å²) in [6, 6.07) is 1.96. The van der Waals surface area contributed by atoms with Crippen LogP contribution in [0.4, 0.5) is 5.69 Å². The molecule has 1 saturated heterocycles. The molecule has 1 aromatic rings. The van der Waals surface area contributed by atoms with E-state index >= 15 is 0 Å². The Morgan fingerprint density at radius 3 is 2.84 bits per heavy atom. The molecule has 2 aliphatic heterocycles. The number of aromatic nitrogens is 1. The number of aryl methyl sites for hydroxylation is 2. The molecule has 0 atom stereocenters. The summed E-state index contributed by atoms with van der Waals surface area (Å²) < 4.78 is 0. The lowest BCUT2D eigenvalue weighted by atomic mass is 10.2. The van der Waals surface area contributed by atoms with Gasteiger partial charge >= 0.3 is 0 Å². The van der Waals surface area contributed by atoms with Crippen LogP contribution in [0.5, 0.6) is 0 Å². The lowest BCUT2D eigenvalue weighted by Gasteiger charge is -2.29. The maximum atomic E-state index is 12.3. The van der Waals surface area contributed by atoms with Crippen LogP contribution in [0.3, 0.4) is 0 Å². The van der Waals surface area contributed by atoms with Gasteiger partial charge in [-0.2, -0.15) is 0 Å². The smallest absolute Gasteiger partial charge is 0.240 e. The number of anilines is 1. The van der Waals surface area contributed by atoms with E-state index < -0.39 is 0 Å². The van der Waals surface area contributed by atoms with Crippen molar-refractivity contribution >= 4 is 29.3 Å². The summed E-state index contributed by atoms with van der Waals surface area (Å²) in [7, 11) is 0. The Balaban J connectivity index is 1.55. The molecule has 3 heterocycles. The van der Waals surface area contributed by atoms with Crippen LogP contribution in [0, 0.1) is 13.8 Å². The van der Waals surface area contributed by atoms with E-state index in [1.807, 2.05) is 19.9 Å². The third kappa shape index (κ3) is 4.52. The second kappa shape index (κ2) is 8.19. The molecule has 25 heavy (non-hydrogen) atoms. The summed E-state index contributed by atoms with van der Waals surface area (Å²) in [4.78, 5) is 33.2. The lowest BCUT2D eigenvalue weighted by molar-refractivity contribution is -0.123. The molecule has 0 spiro atoms. The Hall–Kier alpha value is -1.60. The Labute approximate surface area is 153 Å². The molecule has 1 fully saturated rings. The van der Waals surface area contributed by atoms with Crippen LogP contribution in [0.25, 0.3) is 0 Å². The highest BCUT2D eigenvalue weighted by Gasteiger charge is 2.29. The number of carbonyl (C=O) groups is 2. The number of amides is 2. The summed E-state index contributed by atoms with van der Waals surface area (Å²) in [5, 5.41) is 3.80. The molecule has 0 aliphatic carbocycles. The van der Waals surface area contributed by atoms with Gasteiger partial charge in [0.25, 0.3) is 0 Å². The monoisotopic (exact) mass is 362 g/mol. The summed E-state index contributed by atoms with van der Waals surface area (Å²) in [6.45, 7) is 8.03. The van der Waals surface area contributed by atoms with Crippen LogP contribution in [0.1, 0.15) is 30.5 Å². The van der Waals surface area contributed by atoms with E-state index in [-0.39, 0.29) is 18.4 Å². The highest BCUT2D eigenvalue weighted by molar-refractivity contribution is 8.00. The minimum Gasteiger partial charge on any atom is -0.355 e. The van der Waals surface area contributed by atoms with Gasteiger partial charge < -0.3 is 10.2 Å². The van der Waals surface area contributed by atoms with E-state index in [1.165, 1.54) is 37.7 Å². The molecule has 0 unspecified atom stereocenters. The maximum absolute atomic E-state index is 12.3. The number of pyridine rings is 1. The number of rotatable bonds is 6. The molecule has 1 N–H and O–H groups in total. The Kier molecular flexibility index (Phi) is 5.96. The maximum Gasteiger partial charge on any atom is 0.240 e. The zero-order valence-corrected chi connectivity index (χ0v) is 15.8. The minimum atomic E-state index is -0.104. The zero-order valence-electron chi connectivity index (χ0n) is 15.0. The van der Waals surface area contributed by atoms with Gasteiger partial charge in [-0.15, -0.1) is 0 Å². The van der Waals surface area contributed by atoms with E-state index in [2.05, 4.69) is 15.2 Å². The molecular formula is C18H26N4O2S. The first-order valence-electron chi connectivity index (χ1n) is 8.95. The highest BCUT2D eigenvalue weighted by Crippen LogP contribution is 2.36. The number of nitrogens with one attached hydrogen (secondary N) is 1. The lowest BCUT2D eigenvalue weighted by Crippen LogP contribution is -2.44. The van der Waals surface area contributed by atoms with Crippen LogP contribution in [0.2, 0.25) is 0 Å². The molecule has 0 aromatic carbocycles. The normalized spacial score (nSPS) is 17.7. The van der Waals surface area contributed by atoms with Crippen LogP contribution in [-0.2, 0) is 9.59 Å². The second-order valence-electron chi connectivity index (χ2n) is 6.76. The zero-order chi connectivity index (χ0) is 17.8. The predicted octanol–water partition coefficient (Wildman–Crippen LogP) is 1.74. The molecule has 2 aliphatic rings. The average Bonchev–Trinajstić information content (AvgIpc) is 3.07. The fraction of sp³-hybridized carbons (Fsp3) is 0.611. The third-order valence-corrected chi connectivity index (χ3v) is 5.61. The average molecular weight is 362 g/mol. The second-order valence-corrected chi connectivity index (χ2v) is 7.72. The van der Waals surface area contributed by atoms with E-state index in [0.717, 1.165) is 34.9 Å². The van der Waals surface area contributed by atoms with Crippen molar-refractivity contribution < 1.29 is 9.59 Å².